The fourth-order valence-electron chi connectivity index (χ4n) is 4.21. The second-order valence-electron chi connectivity index (χ2n) is 6.76. The van der Waals surface area contributed by atoms with Gasteiger partial charge >= 0.3 is 0 Å². The van der Waals surface area contributed by atoms with Crippen molar-refractivity contribution in [3.8, 4) is 11.5 Å². The Morgan fingerprint density at radius 1 is 1.12 bits per heavy atom. The molecule has 1 heterocycles. The molecule has 0 radical (unpaired) electrons. The molecule has 1 N–H and O–H groups in total. The van der Waals surface area contributed by atoms with Gasteiger partial charge in [-0.2, -0.15) is 0 Å². The molecule has 1 spiro atoms. The molecule has 2 aromatic rings. The molecule has 2 aromatic carbocycles. The summed E-state index contributed by atoms with van der Waals surface area (Å²) in [6.45, 7) is 4.16. The summed E-state index contributed by atoms with van der Waals surface area (Å²) in [6.07, 6.45) is 0.687. The van der Waals surface area contributed by atoms with Crippen molar-refractivity contribution in [3.05, 3.63) is 52.6 Å². The molecule has 24 heavy (non-hydrogen) atoms. The SMILES string of the molecule is COc1cc2c(cc1OC)C(=O)[C@@]1(C2)c2cc(C)ccc2N[C@H]1C. The lowest BCUT2D eigenvalue weighted by atomic mass is 9.73. The van der Waals surface area contributed by atoms with Crippen molar-refractivity contribution in [1.82, 2.24) is 0 Å². The van der Waals surface area contributed by atoms with E-state index in [-0.39, 0.29) is 11.8 Å². The van der Waals surface area contributed by atoms with Gasteiger partial charge in [-0.15, -0.1) is 0 Å². The van der Waals surface area contributed by atoms with E-state index in [1.807, 2.05) is 12.1 Å². The van der Waals surface area contributed by atoms with Crippen LogP contribution in [-0.2, 0) is 11.8 Å². The quantitative estimate of drug-likeness (QED) is 0.919. The number of benzene rings is 2. The number of anilines is 1. The zero-order valence-electron chi connectivity index (χ0n) is 14.4. The Balaban J connectivity index is 1.91. The first-order valence-corrected chi connectivity index (χ1v) is 8.18. The zero-order chi connectivity index (χ0) is 17.1. The van der Waals surface area contributed by atoms with Crippen LogP contribution >= 0.6 is 0 Å². The first-order chi connectivity index (χ1) is 11.5. The standard InChI is InChI=1S/C20H21NO3/c1-11-5-6-16-15(7-11)20(12(2)21-16)10-13-8-17(23-3)18(24-4)9-14(13)19(20)22/h5-9,12,21H,10H2,1-4H3/t12-,20+/m0/s1. The van der Waals surface area contributed by atoms with Gasteiger partial charge in [-0.3, -0.25) is 4.79 Å². The van der Waals surface area contributed by atoms with Crippen LogP contribution in [-0.4, -0.2) is 26.0 Å². The number of ether oxygens (including phenoxy) is 2. The minimum Gasteiger partial charge on any atom is -0.493 e. The molecule has 4 nitrogen and oxygen atoms in total. The van der Waals surface area contributed by atoms with E-state index in [2.05, 4.69) is 37.4 Å². The second kappa shape index (κ2) is 5.00. The van der Waals surface area contributed by atoms with E-state index in [1.165, 1.54) is 5.56 Å². The Hall–Kier alpha value is -2.49. The van der Waals surface area contributed by atoms with Gasteiger partial charge in [-0.1, -0.05) is 17.7 Å². The molecule has 4 heteroatoms. The normalized spacial score (nSPS) is 23.8. The third-order valence-corrected chi connectivity index (χ3v) is 5.50. The van der Waals surface area contributed by atoms with Gasteiger partial charge in [0.2, 0.25) is 0 Å². The van der Waals surface area contributed by atoms with Crippen molar-refractivity contribution < 1.29 is 14.3 Å². The molecule has 1 aliphatic carbocycles. The van der Waals surface area contributed by atoms with Crippen LogP contribution in [0.25, 0.3) is 0 Å². The predicted molar refractivity (Wildman–Crippen MR) is 93.5 cm³/mol. The van der Waals surface area contributed by atoms with E-state index >= 15 is 0 Å². The van der Waals surface area contributed by atoms with Crippen molar-refractivity contribution in [2.45, 2.75) is 31.7 Å². The fourth-order valence-corrected chi connectivity index (χ4v) is 4.21. The highest BCUT2D eigenvalue weighted by Crippen LogP contribution is 2.51. The molecule has 0 aromatic heterocycles. The van der Waals surface area contributed by atoms with Gasteiger partial charge in [0.15, 0.2) is 17.3 Å². The summed E-state index contributed by atoms with van der Waals surface area (Å²) in [4.78, 5) is 13.4. The Bertz CT molecular complexity index is 858. The number of Topliss-reactive ketones (excluding diaryl/α,β-unsaturated/α-hetero) is 1. The number of fused-ring (bicyclic) bond motifs is 3. The molecule has 0 fully saturated rings. The molecule has 0 amide bonds. The summed E-state index contributed by atoms with van der Waals surface area (Å²) >= 11 is 0. The van der Waals surface area contributed by atoms with E-state index in [1.54, 1.807) is 14.2 Å². The Morgan fingerprint density at radius 3 is 2.54 bits per heavy atom. The molecule has 0 bridgehead atoms. The molecule has 2 aliphatic rings. The lowest BCUT2D eigenvalue weighted by Crippen LogP contribution is -2.42. The maximum absolute atomic E-state index is 13.4. The summed E-state index contributed by atoms with van der Waals surface area (Å²) < 4.78 is 10.8. The molecule has 4 rings (SSSR count). The molecular formula is C20H21NO3. The van der Waals surface area contributed by atoms with Crippen LogP contribution < -0.4 is 14.8 Å². The van der Waals surface area contributed by atoms with E-state index in [9.17, 15) is 4.79 Å². The molecule has 0 saturated heterocycles. The maximum atomic E-state index is 13.4. The van der Waals surface area contributed by atoms with Gasteiger partial charge in [0, 0.05) is 17.3 Å². The number of hydrogen-bond acceptors (Lipinski definition) is 4. The molecule has 1 aliphatic heterocycles. The lowest BCUT2D eigenvalue weighted by Gasteiger charge is -2.27. The molecule has 2 atom stereocenters. The molecule has 0 saturated carbocycles. The topological polar surface area (TPSA) is 47.6 Å². The number of methoxy groups -OCH3 is 2. The van der Waals surface area contributed by atoms with Crippen molar-refractivity contribution in [2.75, 3.05) is 19.5 Å². The van der Waals surface area contributed by atoms with Gasteiger partial charge in [0.05, 0.1) is 19.6 Å². The maximum Gasteiger partial charge on any atom is 0.176 e. The van der Waals surface area contributed by atoms with E-state index in [4.69, 9.17) is 9.47 Å². The summed E-state index contributed by atoms with van der Waals surface area (Å²) in [7, 11) is 3.22. The van der Waals surface area contributed by atoms with Crippen molar-refractivity contribution in [1.29, 1.82) is 0 Å². The van der Waals surface area contributed by atoms with E-state index in [0.29, 0.717) is 17.9 Å². The van der Waals surface area contributed by atoms with Crippen LogP contribution in [0.4, 0.5) is 5.69 Å². The third kappa shape index (κ3) is 1.77. The zero-order valence-corrected chi connectivity index (χ0v) is 14.4. The van der Waals surface area contributed by atoms with Crippen LogP contribution in [0.2, 0.25) is 0 Å². The van der Waals surface area contributed by atoms with Gasteiger partial charge in [-0.05, 0) is 49.6 Å². The Morgan fingerprint density at radius 2 is 1.83 bits per heavy atom. The minimum atomic E-state index is -0.541. The van der Waals surface area contributed by atoms with E-state index < -0.39 is 5.41 Å². The number of ketones is 1. The molecule has 0 unspecified atom stereocenters. The number of carbonyl (C=O) groups is 1. The Kier molecular flexibility index (Phi) is 3.14. The highest BCUT2D eigenvalue weighted by Gasteiger charge is 2.55. The minimum absolute atomic E-state index is 0.0474. The van der Waals surface area contributed by atoms with Gasteiger partial charge in [0.25, 0.3) is 0 Å². The van der Waals surface area contributed by atoms with Crippen LogP contribution in [0.3, 0.4) is 0 Å². The third-order valence-electron chi connectivity index (χ3n) is 5.50. The van der Waals surface area contributed by atoms with Crippen LogP contribution in [0, 0.1) is 6.92 Å². The summed E-state index contributed by atoms with van der Waals surface area (Å²) in [6, 6.07) is 10.1. The van der Waals surface area contributed by atoms with Crippen molar-refractivity contribution in [3.63, 3.8) is 0 Å². The van der Waals surface area contributed by atoms with Gasteiger partial charge < -0.3 is 14.8 Å². The second-order valence-corrected chi connectivity index (χ2v) is 6.76. The first-order valence-electron chi connectivity index (χ1n) is 8.18. The summed E-state index contributed by atoms with van der Waals surface area (Å²) in [5.41, 5.74) is 4.57. The van der Waals surface area contributed by atoms with Crippen LogP contribution in [0.1, 0.15) is 34.0 Å². The fraction of sp³-hybridized carbons (Fsp3) is 0.350. The number of hydrogen-bond donors (Lipinski definition) is 1. The molecular weight excluding hydrogens is 302 g/mol. The van der Waals surface area contributed by atoms with Crippen molar-refractivity contribution in [2.24, 2.45) is 0 Å². The average molecular weight is 323 g/mol. The predicted octanol–water partition coefficient (Wildman–Crippen LogP) is 3.50. The van der Waals surface area contributed by atoms with Crippen LogP contribution in [0.5, 0.6) is 11.5 Å². The van der Waals surface area contributed by atoms with Crippen molar-refractivity contribution >= 4 is 11.5 Å². The lowest BCUT2D eigenvalue weighted by molar-refractivity contribution is 0.0896. The Labute approximate surface area is 141 Å². The number of carbonyl (C=O) groups excluding carboxylic acids is 1. The summed E-state index contributed by atoms with van der Waals surface area (Å²) in [5.74, 6) is 1.44. The largest absolute Gasteiger partial charge is 0.493 e. The van der Waals surface area contributed by atoms with E-state index in [0.717, 1.165) is 22.4 Å². The smallest absolute Gasteiger partial charge is 0.176 e. The number of nitrogens with one attached hydrogen (secondary N) is 1. The van der Waals surface area contributed by atoms with Crippen LogP contribution in [0.15, 0.2) is 30.3 Å². The average Bonchev–Trinajstić information content (AvgIpc) is 3.02. The summed E-state index contributed by atoms with van der Waals surface area (Å²) in [5, 5.41) is 3.50. The highest BCUT2D eigenvalue weighted by molar-refractivity contribution is 6.11. The molecule has 124 valence electrons. The monoisotopic (exact) mass is 323 g/mol. The van der Waals surface area contributed by atoms with Gasteiger partial charge in [-0.25, -0.2) is 0 Å². The number of rotatable bonds is 2. The first kappa shape index (κ1) is 15.1. The number of aryl methyl sites for hydroxylation is 1. The highest BCUT2D eigenvalue weighted by atomic mass is 16.5. The van der Waals surface area contributed by atoms with Gasteiger partial charge in [0.1, 0.15) is 0 Å².